The van der Waals surface area contributed by atoms with Gasteiger partial charge in [0.25, 0.3) is 0 Å². The van der Waals surface area contributed by atoms with Gasteiger partial charge in [0.05, 0.1) is 0 Å². The van der Waals surface area contributed by atoms with Crippen molar-refractivity contribution in [2.24, 2.45) is 11.7 Å². The molecule has 0 aliphatic carbocycles. The molecule has 1 aromatic carbocycles. The topological polar surface area (TPSA) is 46.3 Å². The van der Waals surface area contributed by atoms with Gasteiger partial charge in [0.15, 0.2) is 0 Å². The highest BCUT2D eigenvalue weighted by atomic mass is 32.1. The molecule has 1 aliphatic rings. The third-order valence-electron chi connectivity index (χ3n) is 3.15. The van der Waals surface area contributed by atoms with Crippen LogP contribution in [0.3, 0.4) is 0 Å². The first kappa shape index (κ1) is 12.5. The summed E-state index contributed by atoms with van der Waals surface area (Å²) in [6.45, 7) is 2.06. The average Bonchev–Trinajstić information content (AvgIpc) is 2.70. The Hall–Kier alpha value is -1.00. The third-order valence-corrected chi connectivity index (χ3v) is 3.67. The van der Waals surface area contributed by atoms with Crippen LogP contribution in [0.2, 0.25) is 0 Å². The molecule has 0 radical (unpaired) electrons. The quantitative estimate of drug-likeness (QED) is 0.794. The van der Waals surface area contributed by atoms with E-state index in [-0.39, 0.29) is 5.91 Å². The molecule has 0 bridgehead atoms. The minimum atomic E-state index is 0.238. The Morgan fingerprint density at radius 3 is 2.82 bits per heavy atom. The first-order chi connectivity index (χ1) is 8.22. The standard InChI is InChI=1S/C13H18N2OS/c14-6-10-2-1-3-11(4-10)7-15-8-12(9-17)5-13(15)16/h1-4,12,17H,5-9,14H2. The fourth-order valence-electron chi connectivity index (χ4n) is 2.20. The number of rotatable bonds is 4. The lowest BCUT2D eigenvalue weighted by Crippen LogP contribution is -2.24. The zero-order valence-electron chi connectivity index (χ0n) is 9.80. The summed E-state index contributed by atoms with van der Waals surface area (Å²) in [4.78, 5) is 13.7. The van der Waals surface area contributed by atoms with Gasteiger partial charge in [0.1, 0.15) is 0 Å². The van der Waals surface area contributed by atoms with Crippen molar-refractivity contribution in [3.63, 3.8) is 0 Å². The summed E-state index contributed by atoms with van der Waals surface area (Å²) in [6.07, 6.45) is 0.639. The van der Waals surface area contributed by atoms with E-state index < -0.39 is 0 Å². The Morgan fingerprint density at radius 2 is 2.18 bits per heavy atom. The van der Waals surface area contributed by atoms with Gasteiger partial charge in [0, 0.05) is 26.1 Å². The molecule has 0 aromatic heterocycles. The summed E-state index contributed by atoms with van der Waals surface area (Å²) >= 11 is 4.26. The van der Waals surface area contributed by atoms with Crippen LogP contribution in [-0.4, -0.2) is 23.1 Å². The second-order valence-electron chi connectivity index (χ2n) is 4.55. The predicted octanol–water partition coefficient (Wildman–Crippen LogP) is 1.42. The number of likely N-dealkylation sites (tertiary alicyclic amines) is 1. The van der Waals surface area contributed by atoms with E-state index in [2.05, 4.69) is 18.7 Å². The molecule has 1 fully saturated rings. The molecule has 1 aromatic rings. The molecule has 92 valence electrons. The molecular weight excluding hydrogens is 232 g/mol. The molecule has 2 rings (SSSR count). The first-order valence-corrected chi connectivity index (χ1v) is 6.52. The molecule has 1 unspecified atom stereocenters. The number of carbonyl (C=O) groups is 1. The van der Waals surface area contributed by atoms with Crippen LogP contribution in [0, 0.1) is 5.92 Å². The predicted molar refractivity (Wildman–Crippen MR) is 71.7 cm³/mol. The second-order valence-corrected chi connectivity index (χ2v) is 4.92. The van der Waals surface area contributed by atoms with Gasteiger partial charge < -0.3 is 10.6 Å². The number of nitrogens with two attached hydrogens (primary N) is 1. The highest BCUT2D eigenvalue weighted by Gasteiger charge is 2.28. The van der Waals surface area contributed by atoms with E-state index >= 15 is 0 Å². The van der Waals surface area contributed by atoms with Gasteiger partial charge in [-0.15, -0.1) is 0 Å². The summed E-state index contributed by atoms with van der Waals surface area (Å²) < 4.78 is 0. The lowest BCUT2D eigenvalue weighted by molar-refractivity contribution is -0.128. The molecule has 1 amide bonds. The maximum Gasteiger partial charge on any atom is 0.223 e. The molecule has 1 saturated heterocycles. The Morgan fingerprint density at radius 1 is 1.41 bits per heavy atom. The first-order valence-electron chi connectivity index (χ1n) is 5.89. The lowest BCUT2D eigenvalue weighted by Gasteiger charge is -2.16. The van der Waals surface area contributed by atoms with E-state index in [0.717, 1.165) is 23.4 Å². The van der Waals surface area contributed by atoms with Crippen molar-refractivity contribution in [3.8, 4) is 0 Å². The van der Waals surface area contributed by atoms with Gasteiger partial charge in [-0.05, 0) is 22.8 Å². The Bertz CT molecular complexity index is 408. The molecule has 1 heterocycles. The number of amides is 1. The van der Waals surface area contributed by atoms with E-state index in [4.69, 9.17) is 5.73 Å². The molecule has 1 atom stereocenters. The van der Waals surface area contributed by atoms with Gasteiger partial charge in [-0.2, -0.15) is 12.6 Å². The van der Waals surface area contributed by atoms with Crippen molar-refractivity contribution >= 4 is 18.5 Å². The number of carbonyl (C=O) groups excluding carboxylic acids is 1. The van der Waals surface area contributed by atoms with E-state index in [1.165, 1.54) is 0 Å². The van der Waals surface area contributed by atoms with Crippen LogP contribution >= 0.6 is 12.6 Å². The summed E-state index contributed by atoms with van der Waals surface area (Å²) in [5.74, 6) is 1.43. The van der Waals surface area contributed by atoms with E-state index in [1.807, 2.05) is 23.1 Å². The molecule has 3 nitrogen and oxygen atoms in total. The molecule has 1 aliphatic heterocycles. The van der Waals surface area contributed by atoms with Crippen molar-refractivity contribution in [2.45, 2.75) is 19.5 Å². The smallest absolute Gasteiger partial charge is 0.223 e. The van der Waals surface area contributed by atoms with Gasteiger partial charge in [-0.25, -0.2) is 0 Å². The largest absolute Gasteiger partial charge is 0.338 e. The van der Waals surface area contributed by atoms with Crippen molar-refractivity contribution in [1.82, 2.24) is 4.90 Å². The summed E-state index contributed by atoms with van der Waals surface area (Å²) in [7, 11) is 0. The van der Waals surface area contributed by atoms with Gasteiger partial charge in [-0.1, -0.05) is 24.3 Å². The van der Waals surface area contributed by atoms with Crippen molar-refractivity contribution < 1.29 is 4.79 Å². The number of hydrogen-bond donors (Lipinski definition) is 2. The SMILES string of the molecule is NCc1cccc(CN2CC(CS)CC2=O)c1. The van der Waals surface area contributed by atoms with Crippen LogP contribution in [-0.2, 0) is 17.9 Å². The number of thiol groups is 1. The highest BCUT2D eigenvalue weighted by molar-refractivity contribution is 7.80. The Labute approximate surface area is 107 Å². The Balaban J connectivity index is 2.03. The van der Waals surface area contributed by atoms with E-state index in [9.17, 15) is 4.79 Å². The van der Waals surface area contributed by atoms with Crippen molar-refractivity contribution in [2.75, 3.05) is 12.3 Å². The van der Waals surface area contributed by atoms with E-state index in [0.29, 0.717) is 25.4 Å². The van der Waals surface area contributed by atoms with Crippen LogP contribution in [0.1, 0.15) is 17.5 Å². The summed E-state index contributed by atoms with van der Waals surface area (Å²) in [5.41, 5.74) is 7.87. The fourth-order valence-corrected chi connectivity index (χ4v) is 2.45. The van der Waals surface area contributed by atoms with Crippen LogP contribution in [0.15, 0.2) is 24.3 Å². The zero-order chi connectivity index (χ0) is 12.3. The van der Waals surface area contributed by atoms with Crippen LogP contribution < -0.4 is 5.73 Å². The number of hydrogen-bond acceptors (Lipinski definition) is 3. The van der Waals surface area contributed by atoms with E-state index in [1.54, 1.807) is 0 Å². The highest BCUT2D eigenvalue weighted by Crippen LogP contribution is 2.21. The summed E-state index contributed by atoms with van der Waals surface area (Å²) in [5, 5.41) is 0. The lowest BCUT2D eigenvalue weighted by atomic mass is 10.1. The molecule has 17 heavy (non-hydrogen) atoms. The van der Waals surface area contributed by atoms with Crippen LogP contribution in [0.25, 0.3) is 0 Å². The number of nitrogens with zero attached hydrogens (tertiary/aromatic N) is 1. The minimum Gasteiger partial charge on any atom is -0.338 e. The van der Waals surface area contributed by atoms with Crippen LogP contribution in [0.5, 0.6) is 0 Å². The third kappa shape index (κ3) is 3.01. The summed E-state index contributed by atoms with van der Waals surface area (Å²) in [6, 6.07) is 8.11. The molecule has 2 N–H and O–H groups in total. The normalized spacial score (nSPS) is 20.0. The van der Waals surface area contributed by atoms with Gasteiger partial charge in [0.2, 0.25) is 5.91 Å². The second kappa shape index (κ2) is 5.56. The average molecular weight is 250 g/mol. The monoisotopic (exact) mass is 250 g/mol. The molecular formula is C13H18N2OS. The molecule has 4 heteroatoms. The van der Waals surface area contributed by atoms with Crippen LogP contribution in [0.4, 0.5) is 0 Å². The molecule has 0 spiro atoms. The molecule has 0 saturated carbocycles. The maximum atomic E-state index is 11.8. The minimum absolute atomic E-state index is 0.238. The van der Waals surface area contributed by atoms with Crippen molar-refractivity contribution in [3.05, 3.63) is 35.4 Å². The van der Waals surface area contributed by atoms with Gasteiger partial charge in [-0.3, -0.25) is 4.79 Å². The Kier molecular flexibility index (Phi) is 4.07. The fraction of sp³-hybridized carbons (Fsp3) is 0.462. The maximum absolute atomic E-state index is 11.8. The van der Waals surface area contributed by atoms with Crippen molar-refractivity contribution in [1.29, 1.82) is 0 Å². The number of benzene rings is 1. The van der Waals surface area contributed by atoms with Gasteiger partial charge >= 0.3 is 0 Å². The zero-order valence-corrected chi connectivity index (χ0v) is 10.7.